The number of carbonyl (C=O) groups is 4. The average Bonchev–Trinajstić information content (AvgIpc) is 3.25. The Hall–Kier alpha value is -3.96. The van der Waals surface area contributed by atoms with Crippen LogP contribution in [0.2, 0.25) is 10.0 Å². The highest BCUT2D eigenvalue weighted by Gasteiger charge is 2.40. The zero-order valence-electron chi connectivity index (χ0n) is 22.5. The number of benzene rings is 4. The second-order valence-corrected chi connectivity index (χ2v) is 12.6. The second kappa shape index (κ2) is 13.8. The number of nitrogens with one attached hydrogen (secondary N) is 2. The fraction of sp³-hybridized carbons (Fsp3) is 0.0625. The minimum atomic E-state index is -0.791. The second-order valence-electron chi connectivity index (χ2n) is 9.53. The molecule has 2 N–H and O–H groups in total. The first kappa shape index (κ1) is 31.5. The molecule has 0 aromatic heterocycles. The lowest BCUT2D eigenvalue weighted by molar-refractivity contribution is -0.121. The maximum atomic E-state index is 14.3. The van der Waals surface area contributed by atoms with Crippen molar-refractivity contribution in [3.05, 3.63) is 128 Å². The molecule has 1 aliphatic heterocycles. The van der Waals surface area contributed by atoms with E-state index in [1.165, 1.54) is 54.2 Å². The third-order valence-corrected chi connectivity index (χ3v) is 8.52. The van der Waals surface area contributed by atoms with Crippen LogP contribution in [0.5, 0.6) is 0 Å². The number of halogens is 4. The molecule has 1 atom stereocenters. The van der Waals surface area contributed by atoms with E-state index in [4.69, 9.17) is 23.2 Å². The zero-order chi connectivity index (χ0) is 31.4. The summed E-state index contributed by atoms with van der Waals surface area (Å²) in [7, 11) is 0. The Morgan fingerprint density at radius 2 is 1.64 bits per heavy atom. The van der Waals surface area contributed by atoms with E-state index in [0.29, 0.717) is 31.9 Å². The van der Waals surface area contributed by atoms with Gasteiger partial charge in [-0.05, 0) is 72.3 Å². The van der Waals surface area contributed by atoms with Gasteiger partial charge in [-0.1, -0.05) is 69.5 Å². The Morgan fingerprint density at radius 3 is 2.34 bits per heavy atom. The minimum absolute atomic E-state index is 0.0353. The molecule has 1 heterocycles. The summed E-state index contributed by atoms with van der Waals surface area (Å²) in [4.78, 5) is 53.9. The molecule has 44 heavy (non-hydrogen) atoms. The predicted molar refractivity (Wildman–Crippen MR) is 174 cm³/mol. The Balaban J connectivity index is 1.34. The van der Waals surface area contributed by atoms with E-state index in [1.54, 1.807) is 48.5 Å². The Morgan fingerprint density at radius 1 is 0.932 bits per heavy atom. The van der Waals surface area contributed by atoms with Crippen molar-refractivity contribution in [3.8, 4) is 0 Å². The fourth-order valence-corrected chi connectivity index (χ4v) is 6.26. The molecule has 1 fully saturated rings. The third-order valence-electron chi connectivity index (χ3n) is 6.37. The summed E-state index contributed by atoms with van der Waals surface area (Å²) >= 11 is 16.7. The monoisotopic (exact) mass is 711 g/mol. The van der Waals surface area contributed by atoms with Gasteiger partial charge in [0.15, 0.2) is 0 Å². The molecule has 4 aromatic carbocycles. The molecular weight excluding hydrogens is 692 g/mol. The quantitative estimate of drug-likeness (QED) is 0.144. The smallest absolute Gasteiger partial charge is 0.272 e. The summed E-state index contributed by atoms with van der Waals surface area (Å²) < 4.78 is 15.1. The molecule has 0 unspecified atom stereocenters. The number of anilines is 2. The first-order chi connectivity index (χ1) is 21.1. The van der Waals surface area contributed by atoms with E-state index in [-0.39, 0.29) is 23.6 Å². The van der Waals surface area contributed by atoms with Crippen LogP contribution in [0, 0.1) is 5.82 Å². The van der Waals surface area contributed by atoms with Crippen molar-refractivity contribution in [2.24, 2.45) is 0 Å². The molecule has 0 spiro atoms. The van der Waals surface area contributed by atoms with Crippen LogP contribution >= 0.6 is 50.9 Å². The number of hydrogen-bond acceptors (Lipinski definition) is 5. The van der Waals surface area contributed by atoms with Crippen LogP contribution in [0.3, 0.4) is 0 Å². The highest BCUT2D eigenvalue weighted by atomic mass is 79.9. The van der Waals surface area contributed by atoms with Crippen molar-refractivity contribution in [3.63, 3.8) is 0 Å². The largest absolute Gasteiger partial charge is 0.321 e. The molecule has 4 aromatic rings. The molecular formula is C32H21BrCl2FN3O4S. The first-order valence-electron chi connectivity index (χ1n) is 13.0. The summed E-state index contributed by atoms with van der Waals surface area (Å²) in [6, 6.07) is 23.7. The maximum Gasteiger partial charge on any atom is 0.272 e. The van der Waals surface area contributed by atoms with Gasteiger partial charge >= 0.3 is 0 Å². The van der Waals surface area contributed by atoms with Crippen molar-refractivity contribution < 1.29 is 23.6 Å². The molecule has 222 valence electrons. The van der Waals surface area contributed by atoms with Crippen LogP contribution in [0.15, 0.2) is 106 Å². The van der Waals surface area contributed by atoms with Crippen LogP contribution in [-0.4, -0.2) is 28.9 Å². The van der Waals surface area contributed by atoms with Gasteiger partial charge in [-0.15, -0.1) is 11.8 Å². The van der Waals surface area contributed by atoms with Gasteiger partial charge in [0.1, 0.15) is 11.5 Å². The minimum Gasteiger partial charge on any atom is -0.321 e. The summed E-state index contributed by atoms with van der Waals surface area (Å²) in [5.74, 6) is -2.97. The molecule has 12 heteroatoms. The number of thioether (sulfide) groups is 1. The molecule has 0 aliphatic carbocycles. The number of nitrogens with zero attached hydrogens (tertiary/aromatic N) is 1. The summed E-state index contributed by atoms with van der Waals surface area (Å²) in [5.41, 5.74) is 0.948. The van der Waals surface area contributed by atoms with E-state index in [1.807, 2.05) is 0 Å². The molecule has 0 saturated carbocycles. The van der Waals surface area contributed by atoms with Crippen LogP contribution in [0.1, 0.15) is 22.3 Å². The number of imide groups is 1. The molecule has 1 saturated heterocycles. The lowest BCUT2D eigenvalue weighted by Gasteiger charge is -2.16. The maximum absolute atomic E-state index is 14.3. The van der Waals surface area contributed by atoms with Crippen LogP contribution in [0.4, 0.5) is 15.8 Å². The van der Waals surface area contributed by atoms with Crippen LogP contribution < -0.4 is 15.5 Å². The highest BCUT2D eigenvalue weighted by Crippen LogP contribution is 2.36. The number of hydrogen-bond donors (Lipinski definition) is 2. The summed E-state index contributed by atoms with van der Waals surface area (Å²) in [6.45, 7) is 0. The number of carbonyl (C=O) groups excluding carboxylic acids is 4. The van der Waals surface area contributed by atoms with Gasteiger partial charge < -0.3 is 10.6 Å². The van der Waals surface area contributed by atoms with Crippen molar-refractivity contribution >= 4 is 92.0 Å². The van der Waals surface area contributed by atoms with Gasteiger partial charge in [-0.2, -0.15) is 0 Å². The average molecular weight is 713 g/mol. The van der Waals surface area contributed by atoms with E-state index in [9.17, 15) is 23.6 Å². The topological polar surface area (TPSA) is 95.6 Å². The molecule has 0 bridgehead atoms. The van der Waals surface area contributed by atoms with Crippen molar-refractivity contribution in [1.29, 1.82) is 0 Å². The third kappa shape index (κ3) is 7.57. The normalized spacial score (nSPS) is 15.0. The zero-order valence-corrected chi connectivity index (χ0v) is 26.4. The molecule has 7 nitrogen and oxygen atoms in total. The Labute approximate surface area is 274 Å². The molecule has 4 amide bonds. The molecule has 1 aliphatic rings. The van der Waals surface area contributed by atoms with Gasteiger partial charge in [-0.3, -0.25) is 19.2 Å². The standard InChI is InChI=1S/C32H21BrCl2FN3O4S/c33-19-10-8-18(9-11-19)12-27(38-30(41)25-6-1-2-7-26(25)36)31(42)37-22-4-3-5-24(16-22)44-28-17-29(40)39(32(28)43)23-14-20(34)13-21(35)15-23/h1-16,28H,17H2,(H,37,42)(H,38,41)/b27-12-/t28-/m1/s1. The van der Waals surface area contributed by atoms with E-state index in [2.05, 4.69) is 26.6 Å². The lowest BCUT2D eigenvalue weighted by Crippen LogP contribution is -2.31. The Bertz CT molecular complexity index is 1800. The van der Waals surface area contributed by atoms with E-state index < -0.39 is 28.8 Å². The summed E-state index contributed by atoms with van der Waals surface area (Å²) in [5, 5.41) is 5.15. The number of rotatable bonds is 8. The fourth-order valence-electron chi connectivity index (χ4n) is 4.36. The van der Waals surface area contributed by atoms with Gasteiger partial charge in [0.05, 0.1) is 16.5 Å². The Kier molecular flexibility index (Phi) is 9.85. The number of amides is 4. The van der Waals surface area contributed by atoms with Gasteiger partial charge in [0.25, 0.3) is 11.8 Å². The van der Waals surface area contributed by atoms with Crippen LogP contribution in [0.25, 0.3) is 6.08 Å². The van der Waals surface area contributed by atoms with Gasteiger partial charge in [0, 0.05) is 31.5 Å². The van der Waals surface area contributed by atoms with E-state index >= 15 is 0 Å². The van der Waals surface area contributed by atoms with Crippen molar-refractivity contribution in [1.82, 2.24) is 5.32 Å². The van der Waals surface area contributed by atoms with Crippen LogP contribution in [-0.2, 0) is 14.4 Å². The first-order valence-corrected chi connectivity index (χ1v) is 15.4. The predicted octanol–water partition coefficient (Wildman–Crippen LogP) is 7.73. The SMILES string of the molecule is O=C(Nc1cccc(S[C@@H]2CC(=O)N(c3cc(Cl)cc(Cl)c3)C2=O)c1)/C(=C/c1ccc(Br)cc1)NC(=O)c1ccccc1F. The molecule has 5 rings (SSSR count). The highest BCUT2D eigenvalue weighted by molar-refractivity contribution is 9.10. The molecule has 0 radical (unpaired) electrons. The van der Waals surface area contributed by atoms with Crippen molar-refractivity contribution in [2.45, 2.75) is 16.6 Å². The van der Waals surface area contributed by atoms with E-state index in [0.717, 1.165) is 15.4 Å². The van der Waals surface area contributed by atoms with Gasteiger partial charge in [0.2, 0.25) is 11.8 Å². The van der Waals surface area contributed by atoms with Crippen molar-refractivity contribution in [2.75, 3.05) is 10.2 Å². The summed E-state index contributed by atoms with van der Waals surface area (Å²) in [6.07, 6.45) is 1.44. The lowest BCUT2D eigenvalue weighted by atomic mass is 10.1. The van der Waals surface area contributed by atoms with Gasteiger partial charge in [-0.25, -0.2) is 9.29 Å².